The number of thiazole rings is 1. The van der Waals surface area contributed by atoms with Gasteiger partial charge in [-0.05, 0) is 53.3 Å². The summed E-state index contributed by atoms with van der Waals surface area (Å²) in [6.07, 6.45) is 2.95. The van der Waals surface area contributed by atoms with Gasteiger partial charge in [0, 0.05) is 17.0 Å². The van der Waals surface area contributed by atoms with Gasteiger partial charge in [0.25, 0.3) is 5.56 Å². The van der Waals surface area contributed by atoms with E-state index in [0.717, 1.165) is 16.8 Å². The Bertz CT molecular complexity index is 1560. The minimum Gasteiger partial charge on any atom is -0.454 e. The first-order chi connectivity index (χ1) is 16.3. The number of hydrogen-bond donors (Lipinski definition) is 0. The van der Waals surface area contributed by atoms with Crippen molar-refractivity contribution in [3.8, 4) is 11.5 Å². The van der Waals surface area contributed by atoms with E-state index in [9.17, 15) is 9.59 Å². The molecule has 0 radical (unpaired) electrons. The molecule has 0 fully saturated rings. The van der Waals surface area contributed by atoms with Crippen LogP contribution in [0.15, 0.2) is 63.5 Å². The quantitative estimate of drug-likeness (QED) is 0.542. The van der Waals surface area contributed by atoms with Crippen molar-refractivity contribution in [1.82, 2.24) is 4.57 Å². The fraction of sp³-hybridized carbons (Fsp3) is 0.269. The highest BCUT2D eigenvalue weighted by molar-refractivity contribution is 7.07. The molecule has 0 bridgehead atoms. The summed E-state index contributed by atoms with van der Waals surface area (Å²) in [5.74, 6) is 1.39. The van der Waals surface area contributed by atoms with Gasteiger partial charge < -0.3 is 9.47 Å². The number of rotatable bonds is 2. The fourth-order valence-electron chi connectivity index (χ4n) is 4.86. The van der Waals surface area contributed by atoms with Crippen molar-refractivity contribution >= 4 is 34.8 Å². The molecule has 3 heterocycles. The number of allylic oxidation sites excluding steroid dienone is 2. The van der Waals surface area contributed by atoms with Gasteiger partial charge >= 0.3 is 0 Å². The van der Waals surface area contributed by atoms with Crippen molar-refractivity contribution in [2.75, 3.05) is 6.79 Å². The molecule has 0 amide bonds. The van der Waals surface area contributed by atoms with Crippen LogP contribution in [-0.4, -0.2) is 17.1 Å². The van der Waals surface area contributed by atoms with Gasteiger partial charge in [-0.25, -0.2) is 4.99 Å². The smallest absolute Gasteiger partial charge is 0.271 e. The van der Waals surface area contributed by atoms with Gasteiger partial charge in [-0.2, -0.15) is 0 Å². The Labute approximate surface area is 204 Å². The standard InChI is InChI=1S/C26H21ClN2O4S/c1-26(2)11-17-22(18(30)12-26)23(15-4-6-16(27)7-5-15)29-24(31)21(34-25(29)28-17)10-14-3-8-19-20(9-14)33-13-32-19/h3-10,23H,11-13H2,1-2H3. The first kappa shape index (κ1) is 21.4. The van der Waals surface area contributed by atoms with E-state index in [-0.39, 0.29) is 23.6 Å². The second-order valence-corrected chi connectivity index (χ2v) is 11.0. The Kier molecular flexibility index (Phi) is 4.83. The summed E-state index contributed by atoms with van der Waals surface area (Å²) >= 11 is 7.47. The zero-order valence-corrected chi connectivity index (χ0v) is 20.2. The molecule has 2 aliphatic heterocycles. The van der Waals surface area contributed by atoms with E-state index in [1.54, 1.807) is 16.7 Å². The van der Waals surface area contributed by atoms with Crippen LogP contribution in [0.4, 0.5) is 0 Å². The third-order valence-corrected chi connectivity index (χ3v) is 7.61. The van der Waals surface area contributed by atoms with Gasteiger partial charge in [-0.3, -0.25) is 14.2 Å². The lowest BCUT2D eigenvalue weighted by Crippen LogP contribution is -2.42. The van der Waals surface area contributed by atoms with Crippen LogP contribution in [0.1, 0.15) is 43.9 Å². The second-order valence-electron chi connectivity index (χ2n) is 9.55. The van der Waals surface area contributed by atoms with E-state index in [1.165, 1.54) is 11.3 Å². The normalized spacial score (nSPS) is 20.7. The molecule has 1 unspecified atom stereocenters. The number of hydrogen-bond acceptors (Lipinski definition) is 6. The fourth-order valence-corrected chi connectivity index (χ4v) is 6.01. The van der Waals surface area contributed by atoms with Crippen molar-refractivity contribution in [2.45, 2.75) is 32.7 Å². The molecule has 6 nitrogen and oxygen atoms in total. The SMILES string of the molecule is CC1(C)CC(=O)C2=C(C1)N=c1sc(=Cc3ccc4c(c3)OCO4)c(=O)n1C2c1ccc(Cl)cc1. The molecule has 2 aromatic carbocycles. The van der Waals surface area contributed by atoms with Crippen molar-refractivity contribution in [3.05, 3.63) is 89.6 Å². The number of halogens is 1. The van der Waals surface area contributed by atoms with Crippen LogP contribution in [0.2, 0.25) is 5.02 Å². The number of ether oxygens (including phenoxy) is 2. The molecule has 0 saturated carbocycles. The minimum atomic E-state index is -0.522. The lowest BCUT2D eigenvalue weighted by Gasteiger charge is -2.35. The molecule has 0 spiro atoms. The summed E-state index contributed by atoms with van der Waals surface area (Å²) in [7, 11) is 0. The molecule has 172 valence electrons. The third kappa shape index (κ3) is 3.51. The van der Waals surface area contributed by atoms with E-state index in [0.29, 0.717) is 44.3 Å². The number of carbonyl (C=O) groups excluding carboxylic acids is 1. The molecule has 0 saturated heterocycles. The number of benzene rings is 2. The average molecular weight is 493 g/mol. The summed E-state index contributed by atoms with van der Waals surface area (Å²) in [6, 6.07) is 12.4. The largest absolute Gasteiger partial charge is 0.454 e. The molecule has 8 heteroatoms. The molecular formula is C26H21ClN2O4S. The molecule has 0 N–H and O–H groups in total. The van der Waals surface area contributed by atoms with Crippen LogP contribution in [0.25, 0.3) is 6.08 Å². The highest BCUT2D eigenvalue weighted by Gasteiger charge is 2.40. The second kappa shape index (κ2) is 7.68. The Morgan fingerprint density at radius 1 is 1.09 bits per heavy atom. The van der Waals surface area contributed by atoms with Gasteiger partial charge in [-0.15, -0.1) is 0 Å². The molecule has 1 aromatic heterocycles. The van der Waals surface area contributed by atoms with Crippen LogP contribution in [-0.2, 0) is 4.79 Å². The Balaban J connectivity index is 1.56. The third-order valence-electron chi connectivity index (χ3n) is 6.38. The molecule has 6 rings (SSSR count). The predicted octanol–water partition coefficient (Wildman–Crippen LogP) is 3.99. The molecular weight excluding hydrogens is 472 g/mol. The van der Waals surface area contributed by atoms with Crippen molar-refractivity contribution in [3.63, 3.8) is 0 Å². The first-order valence-corrected chi connectivity index (χ1v) is 12.2. The van der Waals surface area contributed by atoms with Gasteiger partial charge in [0.15, 0.2) is 22.1 Å². The lowest BCUT2D eigenvalue weighted by atomic mass is 9.73. The number of nitrogens with zero attached hydrogens (tertiary/aromatic N) is 2. The highest BCUT2D eigenvalue weighted by atomic mass is 35.5. The molecule has 3 aromatic rings. The van der Waals surface area contributed by atoms with Gasteiger partial charge in [0.05, 0.1) is 16.3 Å². The lowest BCUT2D eigenvalue weighted by molar-refractivity contribution is -0.118. The maximum atomic E-state index is 13.7. The van der Waals surface area contributed by atoms with E-state index >= 15 is 0 Å². The summed E-state index contributed by atoms with van der Waals surface area (Å²) in [4.78, 5) is 32.4. The maximum absolute atomic E-state index is 13.7. The average Bonchev–Trinajstić information content (AvgIpc) is 3.36. The topological polar surface area (TPSA) is 69.9 Å². The number of ketones is 1. The first-order valence-electron chi connectivity index (χ1n) is 11.0. The van der Waals surface area contributed by atoms with Crippen LogP contribution in [0.3, 0.4) is 0 Å². The number of Topliss-reactive ketones (excluding diaryl/α,β-unsaturated/α-hetero) is 1. The Morgan fingerprint density at radius 2 is 1.85 bits per heavy atom. The Morgan fingerprint density at radius 3 is 2.65 bits per heavy atom. The molecule has 3 aliphatic rings. The van der Waals surface area contributed by atoms with Gasteiger partial charge in [0.2, 0.25) is 6.79 Å². The van der Waals surface area contributed by atoms with Gasteiger partial charge in [0.1, 0.15) is 0 Å². The van der Waals surface area contributed by atoms with Crippen LogP contribution in [0, 0.1) is 5.41 Å². The minimum absolute atomic E-state index is 0.0417. The van der Waals surface area contributed by atoms with Crippen LogP contribution < -0.4 is 24.4 Å². The monoisotopic (exact) mass is 492 g/mol. The zero-order chi connectivity index (χ0) is 23.6. The summed E-state index contributed by atoms with van der Waals surface area (Å²) in [6.45, 7) is 4.35. The summed E-state index contributed by atoms with van der Waals surface area (Å²) < 4.78 is 13.1. The number of carbonyl (C=O) groups is 1. The van der Waals surface area contributed by atoms with E-state index in [2.05, 4.69) is 13.8 Å². The van der Waals surface area contributed by atoms with Gasteiger partial charge in [-0.1, -0.05) is 55.0 Å². The number of aromatic nitrogens is 1. The summed E-state index contributed by atoms with van der Waals surface area (Å²) in [5.41, 5.74) is 2.71. The van der Waals surface area contributed by atoms with Crippen LogP contribution in [0.5, 0.6) is 11.5 Å². The zero-order valence-electron chi connectivity index (χ0n) is 18.6. The van der Waals surface area contributed by atoms with Crippen molar-refractivity contribution in [1.29, 1.82) is 0 Å². The van der Waals surface area contributed by atoms with Crippen molar-refractivity contribution < 1.29 is 14.3 Å². The number of fused-ring (bicyclic) bond motifs is 2. The molecule has 1 aliphatic carbocycles. The van der Waals surface area contributed by atoms with E-state index in [4.69, 9.17) is 26.1 Å². The summed E-state index contributed by atoms with van der Waals surface area (Å²) in [5, 5.41) is 0.601. The van der Waals surface area contributed by atoms with E-state index < -0.39 is 6.04 Å². The van der Waals surface area contributed by atoms with E-state index in [1.807, 2.05) is 36.4 Å². The Hall–Kier alpha value is -3.16. The van der Waals surface area contributed by atoms with Crippen LogP contribution >= 0.6 is 22.9 Å². The maximum Gasteiger partial charge on any atom is 0.271 e. The molecule has 1 atom stereocenters. The van der Waals surface area contributed by atoms with Crippen molar-refractivity contribution in [2.24, 2.45) is 10.4 Å². The highest BCUT2D eigenvalue weighted by Crippen LogP contribution is 2.43. The molecule has 34 heavy (non-hydrogen) atoms. The predicted molar refractivity (Wildman–Crippen MR) is 130 cm³/mol.